The lowest BCUT2D eigenvalue weighted by Gasteiger charge is -2.15. The van der Waals surface area contributed by atoms with E-state index in [1.165, 1.54) is 0 Å². The molecular weight excluding hydrogens is 218 g/mol. The fourth-order valence-corrected chi connectivity index (χ4v) is 1.85. The molecule has 90 valence electrons. The second kappa shape index (κ2) is 5.48. The highest BCUT2D eigenvalue weighted by Crippen LogP contribution is 2.12. The van der Waals surface area contributed by atoms with Crippen molar-refractivity contribution in [2.24, 2.45) is 0 Å². The number of carbonyl (C=O) groups excluding carboxylic acids is 2. The van der Waals surface area contributed by atoms with Crippen molar-refractivity contribution < 1.29 is 14.3 Å². The highest BCUT2D eigenvalue weighted by atomic mass is 16.5. The van der Waals surface area contributed by atoms with Crippen LogP contribution in [0.1, 0.15) is 23.2 Å². The zero-order valence-corrected chi connectivity index (χ0v) is 9.59. The van der Waals surface area contributed by atoms with Gasteiger partial charge in [-0.15, -0.1) is 0 Å². The summed E-state index contributed by atoms with van der Waals surface area (Å²) in [6, 6.07) is 6.73. The molecule has 0 aromatic heterocycles. The highest BCUT2D eigenvalue weighted by molar-refractivity contribution is 5.78. The minimum atomic E-state index is 0.0296. The third-order valence-corrected chi connectivity index (χ3v) is 2.84. The summed E-state index contributed by atoms with van der Waals surface area (Å²) in [6.07, 6.45) is 2.94. The summed E-state index contributed by atoms with van der Waals surface area (Å²) in [7, 11) is 0. The fraction of sp³-hybridized carbons (Fsp3) is 0.385. The van der Waals surface area contributed by atoms with Crippen LogP contribution in [0.25, 0.3) is 0 Å². The van der Waals surface area contributed by atoms with E-state index < -0.39 is 0 Å². The summed E-state index contributed by atoms with van der Waals surface area (Å²) in [5, 5.41) is 0. The summed E-state index contributed by atoms with van der Waals surface area (Å²) in [4.78, 5) is 24.0. The number of rotatable bonds is 4. The number of benzene rings is 1. The summed E-state index contributed by atoms with van der Waals surface area (Å²) >= 11 is 0. The van der Waals surface area contributed by atoms with E-state index in [2.05, 4.69) is 0 Å². The van der Waals surface area contributed by atoms with Gasteiger partial charge in [-0.25, -0.2) is 0 Å². The normalized spacial score (nSPS) is 14.7. The topological polar surface area (TPSA) is 46.6 Å². The van der Waals surface area contributed by atoms with Crippen LogP contribution in [0.15, 0.2) is 24.3 Å². The summed E-state index contributed by atoms with van der Waals surface area (Å²) in [5.74, 6) is 0.644. The molecule has 1 aromatic carbocycles. The van der Waals surface area contributed by atoms with Gasteiger partial charge in [-0.2, -0.15) is 0 Å². The second-order valence-corrected chi connectivity index (χ2v) is 4.06. The number of aldehydes is 1. The van der Waals surface area contributed by atoms with Crippen LogP contribution >= 0.6 is 0 Å². The van der Waals surface area contributed by atoms with Gasteiger partial charge in [-0.3, -0.25) is 9.59 Å². The molecule has 0 bridgehead atoms. The SMILES string of the molecule is O=Cc1ccc(OCC(=O)N2CCCC2)cc1. The first-order valence-corrected chi connectivity index (χ1v) is 5.75. The lowest BCUT2D eigenvalue weighted by atomic mass is 10.2. The first-order chi connectivity index (χ1) is 8.29. The Labute approximate surface area is 100 Å². The number of hydrogen-bond donors (Lipinski definition) is 0. The predicted molar refractivity (Wildman–Crippen MR) is 63.1 cm³/mol. The van der Waals surface area contributed by atoms with Gasteiger partial charge in [-0.05, 0) is 37.1 Å². The lowest BCUT2D eigenvalue weighted by Crippen LogP contribution is -2.32. The Hall–Kier alpha value is -1.84. The molecule has 4 nitrogen and oxygen atoms in total. The molecule has 1 saturated heterocycles. The van der Waals surface area contributed by atoms with Gasteiger partial charge >= 0.3 is 0 Å². The number of likely N-dealkylation sites (tertiary alicyclic amines) is 1. The number of hydrogen-bond acceptors (Lipinski definition) is 3. The van der Waals surface area contributed by atoms with E-state index in [0.29, 0.717) is 11.3 Å². The van der Waals surface area contributed by atoms with Gasteiger partial charge in [0.1, 0.15) is 12.0 Å². The lowest BCUT2D eigenvalue weighted by molar-refractivity contribution is -0.132. The van der Waals surface area contributed by atoms with Crippen molar-refractivity contribution in [2.75, 3.05) is 19.7 Å². The maximum absolute atomic E-state index is 11.7. The Morgan fingerprint density at radius 1 is 1.24 bits per heavy atom. The van der Waals surface area contributed by atoms with Gasteiger partial charge in [0.15, 0.2) is 6.61 Å². The van der Waals surface area contributed by atoms with Crippen molar-refractivity contribution in [2.45, 2.75) is 12.8 Å². The molecule has 0 aliphatic carbocycles. The molecule has 0 unspecified atom stereocenters. The zero-order valence-electron chi connectivity index (χ0n) is 9.59. The standard InChI is InChI=1S/C13H15NO3/c15-9-11-3-5-12(6-4-11)17-10-13(16)14-7-1-2-8-14/h3-6,9H,1-2,7-8,10H2. The Morgan fingerprint density at radius 2 is 1.88 bits per heavy atom. The molecule has 1 aliphatic heterocycles. The zero-order chi connectivity index (χ0) is 12.1. The van der Waals surface area contributed by atoms with Crippen LogP contribution in [0.2, 0.25) is 0 Å². The fourth-order valence-electron chi connectivity index (χ4n) is 1.85. The first-order valence-electron chi connectivity index (χ1n) is 5.75. The van der Waals surface area contributed by atoms with Crippen molar-refractivity contribution in [1.29, 1.82) is 0 Å². The van der Waals surface area contributed by atoms with Crippen molar-refractivity contribution in [3.8, 4) is 5.75 Å². The van der Waals surface area contributed by atoms with Crippen LogP contribution < -0.4 is 4.74 Å². The van der Waals surface area contributed by atoms with Gasteiger partial charge in [0, 0.05) is 18.7 Å². The van der Waals surface area contributed by atoms with Gasteiger partial charge in [0.2, 0.25) is 0 Å². The molecule has 0 spiro atoms. The minimum Gasteiger partial charge on any atom is -0.484 e. The van der Waals surface area contributed by atoms with E-state index in [4.69, 9.17) is 4.74 Å². The number of nitrogens with zero attached hydrogens (tertiary/aromatic N) is 1. The smallest absolute Gasteiger partial charge is 0.260 e. The van der Waals surface area contributed by atoms with E-state index in [9.17, 15) is 9.59 Å². The largest absolute Gasteiger partial charge is 0.484 e. The molecule has 1 aromatic rings. The summed E-state index contributed by atoms with van der Waals surface area (Å²) < 4.78 is 5.37. The van der Waals surface area contributed by atoms with Gasteiger partial charge < -0.3 is 9.64 Å². The average Bonchev–Trinajstić information content (AvgIpc) is 2.90. The molecule has 0 atom stereocenters. The van der Waals surface area contributed by atoms with Crippen molar-refractivity contribution in [1.82, 2.24) is 4.90 Å². The van der Waals surface area contributed by atoms with E-state index >= 15 is 0 Å². The third kappa shape index (κ3) is 3.06. The molecule has 1 heterocycles. The van der Waals surface area contributed by atoms with Gasteiger partial charge in [0.05, 0.1) is 0 Å². The van der Waals surface area contributed by atoms with Crippen molar-refractivity contribution in [3.63, 3.8) is 0 Å². The van der Waals surface area contributed by atoms with Crippen LogP contribution in [0, 0.1) is 0 Å². The van der Waals surface area contributed by atoms with Crippen molar-refractivity contribution in [3.05, 3.63) is 29.8 Å². The molecule has 1 amide bonds. The quantitative estimate of drug-likeness (QED) is 0.740. The maximum Gasteiger partial charge on any atom is 0.260 e. The number of carbonyl (C=O) groups is 2. The van der Waals surface area contributed by atoms with Crippen LogP contribution in [0.3, 0.4) is 0 Å². The predicted octanol–water partition coefficient (Wildman–Crippen LogP) is 1.50. The van der Waals surface area contributed by atoms with E-state index in [-0.39, 0.29) is 12.5 Å². The second-order valence-electron chi connectivity index (χ2n) is 4.06. The molecule has 1 aliphatic rings. The number of amides is 1. The van der Waals surface area contributed by atoms with E-state index in [0.717, 1.165) is 32.2 Å². The molecule has 0 N–H and O–H groups in total. The Balaban J connectivity index is 1.84. The molecular formula is C13H15NO3. The first kappa shape index (κ1) is 11.6. The number of ether oxygens (including phenoxy) is 1. The molecule has 17 heavy (non-hydrogen) atoms. The molecule has 0 saturated carbocycles. The molecule has 4 heteroatoms. The Morgan fingerprint density at radius 3 is 2.47 bits per heavy atom. The van der Waals surface area contributed by atoms with Crippen LogP contribution in [-0.4, -0.2) is 36.8 Å². The maximum atomic E-state index is 11.7. The van der Waals surface area contributed by atoms with Gasteiger partial charge in [-0.1, -0.05) is 0 Å². The van der Waals surface area contributed by atoms with E-state index in [1.54, 1.807) is 24.3 Å². The van der Waals surface area contributed by atoms with Crippen molar-refractivity contribution >= 4 is 12.2 Å². The summed E-state index contributed by atoms with van der Waals surface area (Å²) in [5.41, 5.74) is 0.600. The summed E-state index contributed by atoms with van der Waals surface area (Å²) in [6.45, 7) is 1.75. The Bertz CT molecular complexity index is 394. The third-order valence-electron chi connectivity index (χ3n) is 2.84. The van der Waals surface area contributed by atoms with Crippen LogP contribution in [0.4, 0.5) is 0 Å². The van der Waals surface area contributed by atoms with Crippen LogP contribution in [0.5, 0.6) is 5.75 Å². The highest BCUT2D eigenvalue weighted by Gasteiger charge is 2.17. The van der Waals surface area contributed by atoms with Gasteiger partial charge in [0.25, 0.3) is 5.91 Å². The molecule has 1 fully saturated rings. The Kier molecular flexibility index (Phi) is 3.75. The monoisotopic (exact) mass is 233 g/mol. The molecule has 0 radical (unpaired) electrons. The average molecular weight is 233 g/mol. The molecule has 2 rings (SSSR count). The van der Waals surface area contributed by atoms with E-state index in [1.807, 2.05) is 4.90 Å². The minimum absolute atomic E-state index is 0.0296. The van der Waals surface area contributed by atoms with Crippen LogP contribution in [-0.2, 0) is 4.79 Å².